The molecule has 1 saturated heterocycles. The van der Waals surface area contributed by atoms with Gasteiger partial charge < -0.3 is 5.32 Å². The zero-order valence-electron chi connectivity index (χ0n) is 5.75. The minimum absolute atomic E-state index is 0.464. The first-order valence-electron chi connectivity index (χ1n) is 3.61. The third-order valence-corrected chi connectivity index (χ3v) is 1.97. The Morgan fingerprint density at radius 1 is 1.50 bits per heavy atom. The summed E-state index contributed by atoms with van der Waals surface area (Å²) in [6.45, 7) is 1.97. The second kappa shape index (κ2) is 2.52. The lowest BCUT2D eigenvalue weighted by molar-refractivity contribution is 0.384. The molecule has 2 N–H and O–H groups in total. The molecule has 2 atom stereocenters. The summed E-state index contributed by atoms with van der Waals surface area (Å²) in [5, 5.41) is 6.57. The number of nitrogens with one attached hydrogen (secondary N) is 2. The summed E-state index contributed by atoms with van der Waals surface area (Å²) in [5.41, 5.74) is 0. The normalized spacial score (nSPS) is 37.6. The highest BCUT2D eigenvalue weighted by Crippen LogP contribution is 2.09. The first kappa shape index (κ1) is 6.07. The Morgan fingerprint density at radius 3 is 3.40 bits per heavy atom. The van der Waals surface area contributed by atoms with Gasteiger partial charge in [-0.15, -0.1) is 0 Å². The molecule has 0 saturated carbocycles. The van der Waals surface area contributed by atoms with Gasteiger partial charge in [0.1, 0.15) is 0 Å². The fourth-order valence-electron chi connectivity index (χ4n) is 1.36. The van der Waals surface area contributed by atoms with Crippen LogP contribution in [0.15, 0.2) is 17.3 Å². The van der Waals surface area contributed by atoms with Crippen LogP contribution in [0.3, 0.4) is 0 Å². The number of nitrogens with zero attached hydrogens (tertiary/aromatic N) is 1. The van der Waals surface area contributed by atoms with Gasteiger partial charge in [0, 0.05) is 31.5 Å². The molecule has 2 aliphatic heterocycles. The van der Waals surface area contributed by atoms with Crippen molar-refractivity contribution >= 4 is 6.21 Å². The monoisotopic (exact) mass is 137 g/mol. The number of fused-ring (bicyclic) bond motifs is 1. The highest BCUT2D eigenvalue weighted by molar-refractivity contribution is 5.67. The van der Waals surface area contributed by atoms with Crippen LogP contribution in [0.1, 0.15) is 0 Å². The fourth-order valence-corrected chi connectivity index (χ4v) is 1.36. The van der Waals surface area contributed by atoms with Crippen molar-refractivity contribution in [2.75, 3.05) is 13.2 Å². The van der Waals surface area contributed by atoms with Gasteiger partial charge in [0.2, 0.25) is 0 Å². The van der Waals surface area contributed by atoms with Gasteiger partial charge in [-0.1, -0.05) is 6.08 Å². The smallest absolute Gasteiger partial charge is 0.0510 e. The topological polar surface area (TPSA) is 36.4 Å². The van der Waals surface area contributed by atoms with Crippen molar-refractivity contribution in [2.24, 2.45) is 10.9 Å². The van der Waals surface area contributed by atoms with Crippen LogP contribution in [0.5, 0.6) is 0 Å². The SMILES string of the molecule is C1=CC2CNCNC2C=N1. The minimum atomic E-state index is 0.464. The molecule has 0 radical (unpaired) electrons. The zero-order chi connectivity index (χ0) is 6.81. The van der Waals surface area contributed by atoms with Gasteiger partial charge in [-0.2, -0.15) is 0 Å². The first-order chi connectivity index (χ1) is 4.97. The summed E-state index contributed by atoms with van der Waals surface area (Å²) >= 11 is 0. The van der Waals surface area contributed by atoms with E-state index in [4.69, 9.17) is 0 Å². The van der Waals surface area contributed by atoms with Crippen LogP contribution in [-0.4, -0.2) is 25.5 Å². The Labute approximate surface area is 60.2 Å². The van der Waals surface area contributed by atoms with E-state index >= 15 is 0 Å². The average Bonchev–Trinajstić information content (AvgIpc) is 2.05. The number of hydrogen-bond acceptors (Lipinski definition) is 3. The van der Waals surface area contributed by atoms with Gasteiger partial charge in [-0.05, 0) is 0 Å². The summed E-state index contributed by atoms with van der Waals surface area (Å²) in [4.78, 5) is 4.07. The summed E-state index contributed by atoms with van der Waals surface area (Å²) in [5.74, 6) is 0.603. The van der Waals surface area contributed by atoms with E-state index in [0.29, 0.717) is 12.0 Å². The van der Waals surface area contributed by atoms with E-state index in [1.54, 1.807) is 0 Å². The van der Waals surface area contributed by atoms with Gasteiger partial charge in [-0.25, -0.2) is 0 Å². The molecule has 54 valence electrons. The molecule has 0 aromatic carbocycles. The van der Waals surface area contributed by atoms with Gasteiger partial charge in [0.25, 0.3) is 0 Å². The number of aliphatic imine (C=N–C) groups is 1. The quantitative estimate of drug-likeness (QED) is 0.482. The molecule has 0 aromatic heterocycles. The van der Waals surface area contributed by atoms with E-state index in [9.17, 15) is 0 Å². The summed E-state index contributed by atoms with van der Waals surface area (Å²) in [6, 6.07) is 0.464. The van der Waals surface area contributed by atoms with E-state index in [2.05, 4.69) is 21.7 Å². The third kappa shape index (κ3) is 0.978. The van der Waals surface area contributed by atoms with Crippen molar-refractivity contribution < 1.29 is 0 Å². The van der Waals surface area contributed by atoms with Crippen molar-refractivity contribution in [3.8, 4) is 0 Å². The summed E-state index contributed by atoms with van der Waals surface area (Å²) < 4.78 is 0. The Balaban J connectivity index is 2.09. The van der Waals surface area contributed by atoms with Gasteiger partial charge >= 0.3 is 0 Å². The predicted octanol–water partition coefficient (Wildman–Crippen LogP) is -0.280. The average molecular weight is 137 g/mol. The highest BCUT2D eigenvalue weighted by Gasteiger charge is 2.21. The molecule has 2 unspecified atom stereocenters. The van der Waals surface area contributed by atoms with Crippen LogP contribution >= 0.6 is 0 Å². The number of hydrogen-bond donors (Lipinski definition) is 2. The fraction of sp³-hybridized carbons (Fsp3) is 0.571. The Bertz CT molecular complexity index is 154. The summed E-state index contributed by atoms with van der Waals surface area (Å²) in [6.07, 6.45) is 5.99. The second-order valence-corrected chi connectivity index (χ2v) is 2.66. The van der Waals surface area contributed by atoms with Crippen LogP contribution in [0, 0.1) is 5.92 Å². The van der Waals surface area contributed by atoms with Crippen LogP contribution in [0.25, 0.3) is 0 Å². The molecule has 3 heteroatoms. The molecule has 0 amide bonds. The maximum Gasteiger partial charge on any atom is 0.0510 e. The molecule has 0 aliphatic carbocycles. The van der Waals surface area contributed by atoms with Crippen molar-refractivity contribution in [3.05, 3.63) is 12.3 Å². The maximum atomic E-state index is 4.07. The Hall–Kier alpha value is -0.670. The largest absolute Gasteiger partial charge is 0.304 e. The lowest BCUT2D eigenvalue weighted by Crippen LogP contribution is -2.52. The molecule has 1 fully saturated rings. The highest BCUT2D eigenvalue weighted by atomic mass is 15.1. The van der Waals surface area contributed by atoms with Crippen molar-refractivity contribution in [2.45, 2.75) is 6.04 Å². The van der Waals surface area contributed by atoms with Crippen LogP contribution < -0.4 is 10.6 Å². The van der Waals surface area contributed by atoms with E-state index in [0.717, 1.165) is 13.2 Å². The van der Waals surface area contributed by atoms with E-state index in [1.807, 2.05) is 12.4 Å². The van der Waals surface area contributed by atoms with Crippen molar-refractivity contribution in [1.82, 2.24) is 10.6 Å². The molecule has 10 heavy (non-hydrogen) atoms. The summed E-state index contributed by atoms with van der Waals surface area (Å²) in [7, 11) is 0. The lowest BCUT2D eigenvalue weighted by Gasteiger charge is -2.29. The Morgan fingerprint density at radius 2 is 2.50 bits per heavy atom. The molecule has 2 heterocycles. The van der Waals surface area contributed by atoms with Gasteiger partial charge in [-0.3, -0.25) is 10.3 Å². The molecule has 0 spiro atoms. The molecular weight excluding hydrogens is 126 g/mol. The Kier molecular flexibility index (Phi) is 1.53. The van der Waals surface area contributed by atoms with Crippen molar-refractivity contribution in [1.29, 1.82) is 0 Å². The third-order valence-electron chi connectivity index (χ3n) is 1.97. The van der Waals surface area contributed by atoms with E-state index < -0.39 is 0 Å². The molecule has 3 nitrogen and oxygen atoms in total. The standard InChI is InChI=1S/C7H11N3/c1-2-8-4-7-6(1)3-9-5-10-7/h1-2,4,6-7,9-10H,3,5H2. The van der Waals surface area contributed by atoms with Crippen LogP contribution in [-0.2, 0) is 0 Å². The molecule has 0 bridgehead atoms. The molecule has 2 rings (SSSR count). The second-order valence-electron chi connectivity index (χ2n) is 2.66. The van der Waals surface area contributed by atoms with Crippen molar-refractivity contribution in [3.63, 3.8) is 0 Å². The van der Waals surface area contributed by atoms with Crippen LogP contribution in [0.4, 0.5) is 0 Å². The molecule has 0 aromatic rings. The minimum Gasteiger partial charge on any atom is -0.304 e. The van der Waals surface area contributed by atoms with Gasteiger partial charge in [0.15, 0.2) is 0 Å². The zero-order valence-corrected chi connectivity index (χ0v) is 5.75. The van der Waals surface area contributed by atoms with Gasteiger partial charge in [0.05, 0.1) is 6.04 Å². The first-order valence-corrected chi connectivity index (χ1v) is 3.61. The lowest BCUT2D eigenvalue weighted by atomic mass is 9.98. The van der Waals surface area contributed by atoms with Crippen LogP contribution in [0.2, 0.25) is 0 Å². The number of rotatable bonds is 0. The van der Waals surface area contributed by atoms with E-state index in [-0.39, 0.29) is 0 Å². The maximum absolute atomic E-state index is 4.07. The molecule has 2 aliphatic rings. The molecular formula is C7H11N3. The van der Waals surface area contributed by atoms with E-state index in [1.165, 1.54) is 0 Å². The predicted molar refractivity (Wildman–Crippen MR) is 40.9 cm³/mol.